The Morgan fingerprint density at radius 3 is 2.44 bits per heavy atom. The Hall–Kier alpha value is -0.160. The molecule has 1 rings (SSSR count). The quantitative estimate of drug-likeness (QED) is 0.572. The third-order valence-corrected chi connectivity index (χ3v) is 3.66. The lowest BCUT2D eigenvalue weighted by Crippen LogP contribution is -2.36. The van der Waals surface area contributed by atoms with Crippen LogP contribution >= 0.6 is 0 Å². The summed E-state index contributed by atoms with van der Waals surface area (Å²) in [5.74, 6) is 0. The lowest BCUT2D eigenvalue weighted by molar-refractivity contribution is 0.0626. The van der Waals surface area contributed by atoms with Crippen molar-refractivity contribution in [1.29, 1.82) is 0 Å². The second kappa shape index (κ2) is 10.7. The van der Waals surface area contributed by atoms with Crippen LogP contribution < -0.4 is 5.73 Å². The van der Waals surface area contributed by atoms with E-state index in [0.29, 0.717) is 13.2 Å². The molecule has 0 heterocycles. The Morgan fingerprint density at radius 1 is 1.06 bits per heavy atom. The van der Waals surface area contributed by atoms with Crippen molar-refractivity contribution < 1.29 is 9.47 Å². The molecule has 4 heteroatoms. The second-order valence-corrected chi connectivity index (χ2v) is 5.08. The molecule has 0 aromatic carbocycles. The van der Waals surface area contributed by atoms with E-state index < -0.39 is 0 Å². The summed E-state index contributed by atoms with van der Waals surface area (Å²) >= 11 is 0. The minimum absolute atomic E-state index is 0.694. The monoisotopic (exact) mass is 258 g/mol. The normalized spacial score (nSPS) is 16.8. The number of methoxy groups -OCH3 is 1. The van der Waals surface area contributed by atoms with Crippen molar-refractivity contribution in [1.82, 2.24) is 4.90 Å². The zero-order valence-corrected chi connectivity index (χ0v) is 11.9. The van der Waals surface area contributed by atoms with Gasteiger partial charge in [-0.3, -0.25) is 0 Å². The Labute approximate surface area is 112 Å². The summed E-state index contributed by atoms with van der Waals surface area (Å²) in [6.45, 7) is 5.35. The first-order valence-corrected chi connectivity index (χ1v) is 7.39. The predicted octanol–water partition coefficient (Wildman–Crippen LogP) is 1.63. The summed E-state index contributed by atoms with van der Waals surface area (Å²) in [7, 11) is 1.71. The van der Waals surface area contributed by atoms with Crippen LogP contribution in [0.15, 0.2) is 0 Å². The maximum atomic E-state index is 5.62. The molecule has 108 valence electrons. The Morgan fingerprint density at radius 2 is 1.78 bits per heavy atom. The lowest BCUT2D eigenvalue weighted by atomic mass is 10.2. The van der Waals surface area contributed by atoms with Gasteiger partial charge < -0.3 is 20.1 Å². The first-order valence-electron chi connectivity index (χ1n) is 7.39. The maximum absolute atomic E-state index is 5.62. The molecule has 0 saturated heterocycles. The highest BCUT2D eigenvalue weighted by atomic mass is 16.5. The van der Waals surface area contributed by atoms with E-state index in [2.05, 4.69) is 4.90 Å². The molecule has 2 N–H and O–H groups in total. The molecule has 0 amide bonds. The fourth-order valence-corrected chi connectivity index (χ4v) is 2.65. The van der Waals surface area contributed by atoms with E-state index in [1.165, 1.54) is 25.7 Å². The Balaban J connectivity index is 2.11. The topological polar surface area (TPSA) is 47.7 Å². The van der Waals surface area contributed by atoms with E-state index >= 15 is 0 Å². The highest BCUT2D eigenvalue weighted by molar-refractivity contribution is 4.77. The lowest BCUT2D eigenvalue weighted by Gasteiger charge is -2.28. The first kappa shape index (κ1) is 15.9. The number of ether oxygens (including phenoxy) is 2. The van der Waals surface area contributed by atoms with E-state index in [1.807, 2.05) is 0 Å². The summed E-state index contributed by atoms with van der Waals surface area (Å²) in [5.41, 5.74) is 5.62. The molecule has 1 saturated carbocycles. The van der Waals surface area contributed by atoms with Gasteiger partial charge >= 0.3 is 0 Å². The molecule has 0 unspecified atom stereocenters. The van der Waals surface area contributed by atoms with Gasteiger partial charge in [-0.15, -0.1) is 0 Å². The Bertz CT molecular complexity index is 185. The van der Waals surface area contributed by atoms with Crippen molar-refractivity contribution in [2.75, 3.05) is 46.6 Å². The smallest absolute Gasteiger partial charge is 0.0700 e. The minimum Gasteiger partial charge on any atom is -0.382 e. The van der Waals surface area contributed by atoms with Crippen LogP contribution in [0.4, 0.5) is 0 Å². The molecule has 0 radical (unpaired) electrons. The number of hydrogen-bond acceptors (Lipinski definition) is 4. The van der Waals surface area contributed by atoms with Crippen LogP contribution in [-0.4, -0.2) is 57.5 Å². The van der Waals surface area contributed by atoms with Crippen LogP contribution in [0.25, 0.3) is 0 Å². The van der Waals surface area contributed by atoms with E-state index in [0.717, 1.165) is 45.1 Å². The van der Waals surface area contributed by atoms with Crippen LogP contribution in [0.3, 0.4) is 0 Å². The van der Waals surface area contributed by atoms with Crippen molar-refractivity contribution in [2.45, 2.75) is 44.6 Å². The summed E-state index contributed by atoms with van der Waals surface area (Å²) in [5, 5.41) is 0. The second-order valence-electron chi connectivity index (χ2n) is 5.08. The summed E-state index contributed by atoms with van der Waals surface area (Å²) in [6, 6.07) is 0.801. The fraction of sp³-hybridized carbons (Fsp3) is 1.00. The van der Waals surface area contributed by atoms with Gasteiger partial charge in [0, 0.05) is 26.3 Å². The molecule has 1 aliphatic rings. The van der Waals surface area contributed by atoms with Gasteiger partial charge in [0.1, 0.15) is 0 Å². The molecule has 0 spiro atoms. The van der Waals surface area contributed by atoms with Gasteiger partial charge in [-0.2, -0.15) is 0 Å². The van der Waals surface area contributed by atoms with Crippen molar-refractivity contribution in [2.24, 2.45) is 5.73 Å². The SMILES string of the molecule is COCCOCCCN(CCCN)C1CCCC1. The molecular weight excluding hydrogens is 228 g/mol. The van der Waals surface area contributed by atoms with Gasteiger partial charge in [0.25, 0.3) is 0 Å². The molecule has 0 aliphatic heterocycles. The number of nitrogens with zero attached hydrogens (tertiary/aromatic N) is 1. The van der Waals surface area contributed by atoms with Crippen molar-refractivity contribution in [3.05, 3.63) is 0 Å². The van der Waals surface area contributed by atoms with E-state index in [9.17, 15) is 0 Å². The molecule has 18 heavy (non-hydrogen) atoms. The minimum atomic E-state index is 0.694. The third kappa shape index (κ3) is 6.69. The van der Waals surface area contributed by atoms with Crippen molar-refractivity contribution in [3.63, 3.8) is 0 Å². The molecule has 0 aromatic heterocycles. The van der Waals surface area contributed by atoms with Gasteiger partial charge in [0.2, 0.25) is 0 Å². The van der Waals surface area contributed by atoms with Gasteiger partial charge in [0.05, 0.1) is 13.2 Å². The molecule has 1 aliphatic carbocycles. The molecule has 0 atom stereocenters. The first-order chi connectivity index (χ1) is 8.88. The fourth-order valence-electron chi connectivity index (χ4n) is 2.65. The van der Waals surface area contributed by atoms with E-state index in [-0.39, 0.29) is 0 Å². The zero-order chi connectivity index (χ0) is 13.1. The molecular formula is C14H30N2O2. The molecule has 0 aromatic rings. The summed E-state index contributed by atoms with van der Waals surface area (Å²) < 4.78 is 10.5. The van der Waals surface area contributed by atoms with Gasteiger partial charge in [-0.05, 0) is 38.8 Å². The van der Waals surface area contributed by atoms with E-state index in [4.69, 9.17) is 15.2 Å². The van der Waals surface area contributed by atoms with Gasteiger partial charge in [0.15, 0.2) is 0 Å². The van der Waals surface area contributed by atoms with Crippen molar-refractivity contribution in [3.8, 4) is 0 Å². The number of rotatable bonds is 11. The third-order valence-electron chi connectivity index (χ3n) is 3.66. The standard InChI is InChI=1S/C14H30N2O2/c1-17-12-13-18-11-5-10-16(9-4-8-15)14-6-2-3-7-14/h14H,2-13,15H2,1H3. The van der Waals surface area contributed by atoms with Gasteiger partial charge in [-0.25, -0.2) is 0 Å². The number of nitrogens with two attached hydrogens (primary N) is 1. The largest absolute Gasteiger partial charge is 0.382 e. The average molecular weight is 258 g/mol. The highest BCUT2D eigenvalue weighted by Crippen LogP contribution is 2.23. The van der Waals surface area contributed by atoms with Gasteiger partial charge in [-0.1, -0.05) is 12.8 Å². The maximum Gasteiger partial charge on any atom is 0.0700 e. The summed E-state index contributed by atoms with van der Waals surface area (Å²) in [4.78, 5) is 2.62. The van der Waals surface area contributed by atoms with Crippen LogP contribution in [0, 0.1) is 0 Å². The predicted molar refractivity (Wildman–Crippen MR) is 74.8 cm³/mol. The highest BCUT2D eigenvalue weighted by Gasteiger charge is 2.21. The van der Waals surface area contributed by atoms with Crippen LogP contribution in [-0.2, 0) is 9.47 Å². The van der Waals surface area contributed by atoms with E-state index in [1.54, 1.807) is 7.11 Å². The molecule has 0 bridgehead atoms. The molecule has 4 nitrogen and oxygen atoms in total. The average Bonchev–Trinajstić information content (AvgIpc) is 2.91. The molecule has 1 fully saturated rings. The number of hydrogen-bond donors (Lipinski definition) is 1. The van der Waals surface area contributed by atoms with Crippen LogP contribution in [0.1, 0.15) is 38.5 Å². The van der Waals surface area contributed by atoms with Crippen LogP contribution in [0.5, 0.6) is 0 Å². The van der Waals surface area contributed by atoms with Crippen molar-refractivity contribution >= 4 is 0 Å². The Kier molecular flexibility index (Phi) is 9.48. The summed E-state index contributed by atoms with van der Waals surface area (Å²) in [6.07, 6.45) is 7.76. The zero-order valence-electron chi connectivity index (χ0n) is 11.9. The van der Waals surface area contributed by atoms with Crippen LogP contribution in [0.2, 0.25) is 0 Å².